The Morgan fingerprint density at radius 3 is 2.27 bits per heavy atom. The zero-order valence-corrected chi connectivity index (χ0v) is 10.4. The zero-order valence-electron chi connectivity index (χ0n) is 10.4. The van der Waals surface area contributed by atoms with Crippen LogP contribution in [0.2, 0.25) is 0 Å². The Balaban J connectivity index is 2.23. The van der Waals surface area contributed by atoms with Gasteiger partial charge in [-0.05, 0) is 18.3 Å². The second-order valence-corrected chi connectivity index (χ2v) is 5.58. The Kier molecular flexibility index (Phi) is 4.14. The molecular formula is C12H23NO2. The number of hydrogen-bond donors (Lipinski definition) is 0. The normalized spacial score (nSPS) is 19.3. The van der Waals surface area contributed by atoms with E-state index in [0.29, 0.717) is 6.10 Å². The number of carbonyl (C=O) groups excluding carboxylic acids is 1. The Bertz CT molecular complexity index is 212. The molecule has 0 aliphatic carbocycles. The van der Waals surface area contributed by atoms with Crippen LogP contribution in [0.5, 0.6) is 0 Å². The molecule has 0 aromatic rings. The van der Waals surface area contributed by atoms with Crippen molar-refractivity contribution in [3.63, 3.8) is 0 Å². The minimum atomic E-state index is 0.185. The Morgan fingerprint density at radius 2 is 1.87 bits per heavy atom. The quantitative estimate of drug-likeness (QED) is 0.702. The highest BCUT2D eigenvalue weighted by Crippen LogP contribution is 2.19. The van der Waals surface area contributed by atoms with Crippen molar-refractivity contribution in [1.82, 2.24) is 4.90 Å². The second-order valence-electron chi connectivity index (χ2n) is 5.58. The average molecular weight is 213 g/mol. The van der Waals surface area contributed by atoms with Crippen molar-refractivity contribution in [1.29, 1.82) is 0 Å². The summed E-state index contributed by atoms with van der Waals surface area (Å²) in [4.78, 5) is 13.0. The molecule has 3 heteroatoms. The van der Waals surface area contributed by atoms with E-state index in [9.17, 15) is 4.79 Å². The van der Waals surface area contributed by atoms with Crippen LogP contribution in [-0.2, 0) is 9.53 Å². The van der Waals surface area contributed by atoms with Crippen molar-refractivity contribution in [3.05, 3.63) is 0 Å². The van der Waals surface area contributed by atoms with Crippen molar-refractivity contribution >= 4 is 5.91 Å². The van der Waals surface area contributed by atoms with Gasteiger partial charge in [-0.3, -0.25) is 4.79 Å². The maximum atomic E-state index is 11.1. The monoisotopic (exact) mass is 213 g/mol. The van der Waals surface area contributed by atoms with Gasteiger partial charge in [0, 0.05) is 20.0 Å². The van der Waals surface area contributed by atoms with Crippen LogP contribution in [0.4, 0.5) is 0 Å². The van der Waals surface area contributed by atoms with Crippen molar-refractivity contribution in [2.75, 3.05) is 19.7 Å². The van der Waals surface area contributed by atoms with Crippen molar-refractivity contribution in [2.24, 2.45) is 5.41 Å². The highest BCUT2D eigenvalue weighted by molar-refractivity contribution is 5.73. The molecule has 1 fully saturated rings. The van der Waals surface area contributed by atoms with E-state index in [1.165, 1.54) is 0 Å². The van der Waals surface area contributed by atoms with E-state index in [2.05, 4.69) is 20.8 Å². The van der Waals surface area contributed by atoms with E-state index in [4.69, 9.17) is 4.74 Å². The number of rotatable bonds is 2. The second kappa shape index (κ2) is 4.97. The van der Waals surface area contributed by atoms with Crippen LogP contribution in [0, 0.1) is 5.41 Å². The third-order valence-corrected chi connectivity index (χ3v) is 2.64. The molecule has 0 bridgehead atoms. The summed E-state index contributed by atoms with van der Waals surface area (Å²) < 4.78 is 5.84. The maximum absolute atomic E-state index is 11.1. The Morgan fingerprint density at radius 1 is 1.33 bits per heavy atom. The van der Waals surface area contributed by atoms with Crippen molar-refractivity contribution < 1.29 is 9.53 Å². The fourth-order valence-electron chi connectivity index (χ4n) is 1.71. The molecule has 1 heterocycles. The van der Waals surface area contributed by atoms with Crippen LogP contribution in [0.25, 0.3) is 0 Å². The van der Waals surface area contributed by atoms with Crippen molar-refractivity contribution in [3.8, 4) is 0 Å². The predicted octanol–water partition coefficient (Wildman–Crippen LogP) is 2.06. The van der Waals surface area contributed by atoms with Crippen LogP contribution in [0.15, 0.2) is 0 Å². The van der Waals surface area contributed by atoms with Crippen LogP contribution in [-0.4, -0.2) is 36.6 Å². The SMILES string of the molecule is CC(=O)N1CCC(OCC(C)(C)C)CC1. The summed E-state index contributed by atoms with van der Waals surface area (Å²) in [7, 11) is 0. The molecule has 1 aliphatic rings. The van der Waals surface area contributed by atoms with Crippen molar-refractivity contribution in [2.45, 2.75) is 46.6 Å². The molecule has 1 saturated heterocycles. The predicted molar refractivity (Wildman–Crippen MR) is 60.7 cm³/mol. The molecule has 15 heavy (non-hydrogen) atoms. The smallest absolute Gasteiger partial charge is 0.219 e. The topological polar surface area (TPSA) is 29.5 Å². The number of piperidine rings is 1. The minimum absolute atomic E-state index is 0.185. The maximum Gasteiger partial charge on any atom is 0.219 e. The van der Waals surface area contributed by atoms with Gasteiger partial charge in [0.2, 0.25) is 5.91 Å². The fourth-order valence-corrected chi connectivity index (χ4v) is 1.71. The number of carbonyl (C=O) groups is 1. The molecule has 1 aliphatic heterocycles. The van der Waals surface area contributed by atoms with Gasteiger partial charge in [0.15, 0.2) is 0 Å². The van der Waals surface area contributed by atoms with Gasteiger partial charge < -0.3 is 9.64 Å². The number of amides is 1. The molecule has 0 atom stereocenters. The lowest BCUT2D eigenvalue weighted by Gasteiger charge is -2.32. The first-order valence-electron chi connectivity index (χ1n) is 5.75. The molecule has 0 unspecified atom stereocenters. The summed E-state index contributed by atoms with van der Waals surface area (Å²) in [5.74, 6) is 0.185. The molecule has 0 aromatic heterocycles. The third-order valence-electron chi connectivity index (χ3n) is 2.64. The summed E-state index contributed by atoms with van der Waals surface area (Å²) in [5.41, 5.74) is 0.234. The summed E-state index contributed by atoms with van der Waals surface area (Å²) in [5, 5.41) is 0. The lowest BCUT2D eigenvalue weighted by atomic mass is 9.98. The number of hydrogen-bond acceptors (Lipinski definition) is 2. The number of likely N-dealkylation sites (tertiary alicyclic amines) is 1. The van der Waals surface area contributed by atoms with Gasteiger partial charge in [0.1, 0.15) is 0 Å². The molecule has 0 radical (unpaired) electrons. The zero-order chi connectivity index (χ0) is 11.5. The van der Waals surface area contributed by atoms with Gasteiger partial charge >= 0.3 is 0 Å². The first-order valence-corrected chi connectivity index (χ1v) is 5.75. The van der Waals surface area contributed by atoms with Crippen LogP contribution >= 0.6 is 0 Å². The molecule has 88 valence electrons. The molecule has 0 N–H and O–H groups in total. The van der Waals surface area contributed by atoms with E-state index in [-0.39, 0.29) is 11.3 Å². The minimum Gasteiger partial charge on any atom is -0.378 e. The standard InChI is InChI=1S/C12H23NO2/c1-10(14)13-7-5-11(6-8-13)15-9-12(2,3)4/h11H,5-9H2,1-4H3. The summed E-state index contributed by atoms with van der Waals surface area (Å²) in [6.07, 6.45) is 2.31. The van der Waals surface area contributed by atoms with Crippen LogP contribution in [0.1, 0.15) is 40.5 Å². The summed E-state index contributed by atoms with van der Waals surface area (Å²) in [6.45, 7) is 10.7. The lowest BCUT2D eigenvalue weighted by molar-refractivity contribution is -0.131. The van der Waals surface area contributed by atoms with E-state index in [1.807, 2.05) is 4.90 Å². The van der Waals surface area contributed by atoms with Gasteiger partial charge in [-0.1, -0.05) is 20.8 Å². The number of nitrogens with zero attached hydrogens (tertiary/aromatic N) is 1. The highest BCUT2D eigenvalue weighted by atomic mass is 16.5. The van der Waals surface area contributed by atoms with Crippen LogP contribution < -0.4 is 0 Å². The first kappa shape index (κ1) is 12.5. The molecule has 1 amide bonds. The first-order chi connectivity index (χ1) is 6.88. The molecular weight excluding hydrogens is 190 g/mol. The molecule has 0 spiro atoms. The highest BCUT2D eigenvalue weighted by Gasteiger charge is 2.22. The average Bonchev–Trinajstić information content (AvgIpc) is 2.14. The Hall–Kier alpha value is -0.570. The van der Waals surface area contributed by atoms with E-state index in [1.54, 1.807) is 6.92 Å². The largest absolute Gasteiger partial charge is 0.378 e. The molecule has 0 saturated carbocycles. The van der Waals surface area contributed by atoms with Gasteiger partial charge in [0.25, 0.3) is 0 Å². The van der Waals surface area contributed by atoms with Crippen LogP contribution in [0.3, 0.4) is 0 Å². The van der Waals surface area contributed by atoms with Gasteiger partial charge in [-0.25, -0.2) is 0 Å². The van der Waals surface area contributed by atoms with E-state index >= 15 is 0 Å². The molecule has 3 nitrogen and oxygen atoms in total. The van der Waals surface area contributed by atoms with Gasteiger partial charge in [-0.15, -0.1) is 0 Å². The third kappa shape index (κ3) is 4.65. The summed E-state index contributed by atoms with van der Waals surface area (Å²) in [6, 6.07) is 0. The summed E-state index contributed by atoms with van der Waals surface area (Å²) >= 11 is 0. The van der Waals surface area contributed by atoms with E-state index < -0.39 is 0 Å². The lowest BCUT2D eigenvalue weighted by Crippen LogP contribution is -2.40. The fraction of sp³-hybridized carbons (Fsp3) is 0.917. The Labute approximate surface area is 92.8 Å². The number of ether oxygens (including phenoxy) is 1. The van der Waals surface area contributed by atoms with Gasteiger partial charge in [0.05, 0.1) is 12.7 Å². The molecule has 1 rings (SSSR count). The van der Waals surface area contributed by atoms with E-state index in [0.717, 1.165) is 32.5 Å². The molecule has 0 aromatic carbocycles. The van der Waals surface area contributed by atoms with Gasteiger partial charge in [-0.2, -0.15) is 0 Å².